The lowest BCUT2D eigenvalue weighted by Crippen LogP contribution is -2.08. The highest BCUT2D eigenvalue weighted by Crippen LogP contribution is 2.10. The van der Waals surface area contributed by atoms with E-state index in [1.54, 1.807) is 6.92 Å². The first-order valence-corrected chi connectivity index (χ1v) is 4.72. The Balaban J connectivity index is 3.93. The van der Waals surface area contributed by atoms with E-state index < -0.39 is 0 Å². The smallest absolute Gasteiger partial charge is 0.332 e. The van der Waals surface area contributed by atoms with Crippen molar-refractivity contribution in [2.75, 3.05) is 6.61 Å². The molecule has 0 unspecified atom stereocenters. The normalized spacial score (nSPS) is 13.9. The summed E-state index contributed by atoms with van der Waals surface area (Å²) in [5.74, 6) is 0.175. The molecule has 13 heavy (non-hydrogen) atoms. The second-order valence-corrected chi connectivity index (χ2v) is 3.19. The first-order chi connectivity index (χ1) is 6.10. The molecule has 0 aliphatic carbocycles. The van der Waals surface area contributed by atoms with Crippen molar-refractivity contribution in [2.45, 2.75) is 33.6 Å². The van der Waals surface area contributed by atoms with Crippen molar-refractivity contribution < 1.29 is 9.53 Å². The van der Waals surface area contributed by atoms with Gasteiger partial charge < -0.3 is 10.5 Å². The summed E-state index contributed by atoms with van der Waals surface area (Å²) in [7, 11) is 0. The molecule has 0 aliphatic heterocycles. The van der Waals surface area contributed by atoms with Gasteiger partial charge in [0.1, 0.15) is 0 Å². The molecule has 0 bridgehead atoms. The Labute approximate surface area is 79.9 Å². The van der Waals surface area contributed by atoms with E-state index in [1.165, 1.54) is 6.08 Å². The molecular formula is C10H19NO2. The van der Waals surface area contributed by atoms with Crippen molar-refractivity contribution in [1.82, 2.24) is 0 Å². The fourth-order valence-corrected chi connectivity index (χ4v) is 0.941. The van der Waals surface area contributed by atoms with Crippen LogP contribution in [-0.4, -0.2) is 12.6 Å². The Morgan fingerprint density at radius 3 is 2.62 bits per heavy atom. The number of carbonyl (C=O) groups excluding carboxylic acids is 1. The summed E-state index contributed by atoms with van der Waals surface area (Å²) in [5.41, 5.74) is 6.25. The molecule has 1 atom stereocenters. The minimum absolute atomic E-state index is 0.344. The van der Waals surface area contributed by atoms with E-state index in [1.807, 2.05) is 0 Å². The Morgan fingerprint density at radius 1 is 1.54 bits per heavy atom. The molecule has 0 rings (SSSR count). The van der Waals surface area contributed by atoms with Gasteiger partial charge in [0.05, 0.1) is 6.61 Å². The van der Waals surface area contributed by atoms with Crippen LogP contribution in [0.3, 0.4) is 0 Å². The number of hydrogen-bond acceptors (Lipinski definition) is 3. The Bertz CT molecular complexity index is 187. The molecule has 0 radical (unpaired) electrons. The maximum Gasteiger partial charge on any atom is 0.332 e. The molecule has 0 heterocycles. The molecule has 3 nitrogen and oxygen atoms in total. The molecule has 0 aromatic carbocycles. The molecule has 0 saturated heterocycles. The summed E-state index contributed by atoms with van der Waals surface area (Å²) in [6.45, 7) is 6.37. The third-order valence-corrected chi connectivity index (χ3v) is 1.87. The highest BCUT2D eigenvalue weighted by atomic mass is 16.5. The fourth-order valence-electron chi connectivity index (χ4n) is 0.941. The highest BCUT2D eigenvalue weighted by Gasteiger charge is 2.03. The van der Waals surface area contributed by atoms with Gasteiger partial charge >= 0.3 is 5.97 Å². The zero-order valence-electron chi connectivity index (χ0n) is 8.67. The van der Waals surface area contributed by atoms with E-state index in [4.69, 9.17) is 10.5 Å². The molecule has 0 aliphatic rings. The summed E-state index contributed by atoms with van der Waals surface area (Å²) in [4.78, 5) is 10.9. The summed E-state index contributed by atoms with van der Waals surface area (Å²) < 4.78 is 4.73. The van der Waals surface area contributed by atoms with Gasteiger partial charge in [0.25, 0.3) is 0 Å². The number of esters is 1. The zero-order chi connectivity index (χ0) is 10.3. The van der Waals surface area contributed by atoms with Crippen LogP contribution in [0.25, 0.3) is 0 Å². The molecule has 0 fully saturated rings. The van der Waals surface area contributed by atoms with E-state index in [9.17, 15) is 4.79 Å². The van der Waals surface area contributed by atoms with Gasteiger partial charge in [0, 0.05) is 11.8 Å². The van der Waals surface area contributed by atoms with Crippen LogP contribution in [0.2, 0.25) is 0 Å². The monoisotopic (exact) mass is 185 g/mol. The topological polar surface area (TPSA) is 52.3 Å². The second-order valence-electron chi connectivity index (χ2n) is 3.19. The number of nitrogens with two attached hydrogens (primary N) is 1. The molecule has 3 heteroatoms. The Kier molecular flexibility index (Phi) is 6.02. The lowest BCUT2D eigenvalue weighted by molar-refractivity contribution is -0.137. The molecular weight excluding hydrogens is 166 g/mol. The SMILES string of the molecule is CCOC(=O)/C=C(\N)C[C@H](C)CC. The number of rotatable bonds is 5. The van der Waals surface area contributed by atoms with Gasteiger partial charge in [-0.25, -0.2) is 4.79 Å². The van der Waals surface area contributed by atoms with Crippen LogP contribution in [0.15, 0.2) is 11.8 Å². The maximum atomic E-state index is 10.9. The van der Waals surface area contributed by atoms with Gasteiger partial charge in [-0.2, -0.15) is 0 Å². The van der Waals surface area contributed by atoms with Crippen LogP contribution < -0.4 is 5.73 Å². The molecule has 76 valence electrons. The average molecular weight is 185 g/mol. The third-order valence-electron chi connectivity index (χ3n) is 1.87. The van der Waals surface area contributed by atoms with Crippen molar-refractivity contribution in [3.8, 4) is 0 Å². The molecule has 2 N–H and O–H groups in total. The van der Waals surface area contributed by atoms with Crippen LogP contribution in [0, 0.1) is 5.92 Å². The van der Waals surface area contributed by atoms with E-state index in [-0.39, 0.29) is 5.97 Å². The Morgan fingerprint density at radius 2 is 2.15 bits per heavy atom. The standard InChI is InChI=1S/C10H19NO2/c1-4-8(3)6-9(11)7-10(12)13-5-2/h7-8H,4-6,11H2,1-3H3/b9-7-/t8-/m1/s1. The minimum atomic E-state index is -0.344. The van der Waals surface area contributed by atoms with Crippen molar-refractivity contribution >= 4 is 5.97 Å². The summed E-state index contributed by atoms with van der Waals surface area (Å²) in [5, 5.41) is 0. The number of allylic oxidation sites excluding steroid dienone is 1. The quantitative estimate of drug-likeness (QED) is 0.525. The van der Waals surface area contributed by atoms with Crippen LogP contribution in [0.1, 0.15) is 33.6 Å². The molecule has 0 aromatic heterocycles. The highest BCUT2D eigenvalue weighted by molar-refractivity contribution is 5.82. The first kappa shape index (κ1) is 12.0. The van der Waals surface area contributed by atoms with Crippen LogP contribution >= 0.6 is 0 Å². The van der Waals surface area contributed by atoms with Crippen molar-refractivity contribution in [1.29, 1.82) is 0 Å². The molecule has 0 amide bonds. The van der Waals surface area contributed by atoms with E-state index in [2.05, 4.69) is 13.8 Å². The zero-order valence-corrected chi connectivity index (χ0v) is 8.67. The van der Waals surface area contributed by atoms with Crippen molar-refractivity contribution in [3.05, 3.63) is 11.8 Å². The molecule has 0 saturated carbocycles. The largest absolute Gasteiger partial charge is 0.463 e. The number of hydrogen-bond donors (Lipinski definition) is 1. The van der Waals surface area contributed by atoms with Crippen molar-refractivity contribution in [2.24, 2.45) is 11.7 Å². The van der Waals surface area contributed by atoms with E-state index in [0.29, 0.717) is 18.2 Å². The first-order valence-electron chi connectivity index (χ1n) is 4.72. The predicted octanol–water partition coefficient (Wildman–Crippen LogP) is 1.83. The summed E-state index contributed by atoms with van der Waals surface area (Å²) >= 11 is 0. The maximum absolute atomic E-state index is 10.9. The van der Waals surface area contributed by atoms with Crippen LogP contribution in [0.4, 0.5) is 0 Å². The number of carbonyl (C=O) groups is 1. The third kappa shape index (κ3) is 6.20. The Hall–Kier alpha value is -0.990. The van der Waals surface area contributed by atoms with E-state index in [0.717, 1.165) is 12.8 Å². The fraction of sp³-hybridized carbons (Fsp3) is 0.700. The van der Waals surface area contributed by atoms with Crippen molar-refractivity contribution in [3.63, 3.8) is 0 Å². The van der Waals surface area contributed by atoms with Gasteiger partial charge in [-0.05, 0) is 19.3 Å². The van der Waals surface area contributed by atoms with Gasteiger partial charge in [0.15, 0.2) is 0 Å². The van der Waals surface area contributed by atoms with Gasteiger partial charge in [-0.3, -0.25) is 0 Å². The van der Waals surface area contributed by atoms with Crippen LogP contribution in [-0.2, 0) is 9.53 Å². The molecule has 0 spiro atoms. The minimum Gasteiger partial charge on any atom is -0.463 e. The summed E-state index contributed by atoms with van der Waals surface area (Å²) in [6, 6.07) is 0. The van der Waals surface area contributed by atoms with E-state index >= 15 is 0 Å². The lowest BCUT2D eigenvalue weighted by Gasteiger charge is -2.07. The van der Waals surface area contributed by atoms with Gasteiger partial charge in [0.2, 0.25) is 0 Å². The second kappa shape index (κ2) is 6.52. The molecule has 0 aromatic rings. The van der Waals surface area contributed by atoms with Gasteiger partial charge in [-0.1, -0.05) is 20.3 Å². The average Bonchev–Trinajstić information content (AvgIpc) is 2.04. The predicted molar refractivity (Wildman–Crippen MR) is 53.0 cm³/mol. The lowest BCUT2D eigenvalue weighted by atomic mass is 10.0. The summed E-state index contributed by atoms with van der Waals surface area (Å²) in [6.07, 6.45) is 3.20. The van der Waals surface area contributed by atoms with Gasteiger partial charge in [-0.15, -0.1) is 0 Å². The van der Waals surface area contributed by atoms with Crippen LogP contribution in [0.5, 0.6) is 0 Å². The number of ether oxygens (including phenoxy) is 1.